The van der Waals surface area contributed by atoms with Gasteiger partial charge in [-0.05, 0) is 12.8 Å². The summed E-state index contributed by atoms with van der Waals surface area (Å²) in [7, 11) is 0. The molecule has 0 aliphatic rings. The van der Waals surface area contributed by atoms with Gasteiger partial charge < -0.3 is 4.89 Å². The maximum Gasteiger partial charge on any atom is 0.310 e. The SMILES string of the molecule is CCCCSP(=O)(O)SCCCC.[Tl]. The van der Waals surface area contributed by atoms with Crippen LogP contribution in [0.25, 0.3) is 0 Å². The molecule has 0 aromatic carbocycles. The second-order valence-corrected chi connectivity index (χ2v) is 10.3. The van der Waals surface area contributed by atoms with E-state index in [1.54, 1.807) is 0 Å². The van der Waals surface area contributed by atoms with Gasteiger partial charge in [0.15, 0.2) is 0 Å². The third-order valence-corrected chi connectivity index (χ3v) is 8.05. The Morgan fingerprint density at radius 2 is 1.43 bits per heavy atom. The minimum atomic E-state index is -2.92. The fourth-order valence-electron chi connectivity index (χ4n) is 0.686. The quantitative estimate of drug-likeness (QED) is 0.350. The second kappa shape index (κ2) is 11.3. The number of hydrogen-bond acceptors (Lipinski definition) is 3. The molecule has 0 aromatic rings. The molecule has 0 aliphatic heterocycles. The Bertz CT molecular complexity index is 155. The number of rotatable bonds is 8. The Morgan fingerprint density at radius 1 is 1.07 bits per heavy atom. The Morgan fingerprint density at radius 3 is 1.71 bits per heavy atom. The topological polar surface area (TPSA) is 37.3 Å². The summed E-state index contributed by atoms with van der Waals surface area (Å²) in [5, 5.41) is 0. The average molecular weight is 447 g/mol. The summed E-state index contributed by atoms with van der Waals surface area (Å²) in [6.45, 7) is 4.18. The molecule has 0 aliphatic carbocycles. The van der Waals surface area contributed by atoms with Crippen molar-refractivity contribution in [1.82, 2.24) is 0 Å². The molecule has 0 saturated carbocycles. The Balaban J connectivity index is 0. The molecule has 0 heterocycles. The van der Waals surface area contributed by atoms with Crippen molar-refractivity contribution in [3.05, 3.63) is 0 Å². The van der Waals surface area contributed by atoms with Gasteiger partial charge in [0, 0.05) is 38.8 Å². The van der Waals surface area contributed by atoms with E-state index in [1.807, 2.05) is 0 Å². The molecule has 1 radical (unpaired) electrons. The van der Waals surface area contributed by atoms with Crippen LogP contribution in [0.2, 0.25) is 0 Å². The predicted octanol–water partition coefficient (Wildman–Crippen LogP) is 3.77. The van der Waals surface area contributed by atoms with Crippen LogP contribution in [0.1, 0.15) is 39.5 Å². The summed E-state index contributed by atoms with van der Waals surface area (Å²) in [4.78, 5) is 9.45. The van der Waals surface area contributed by atoms with Gasteiger partial charge in [0.05, 0.1) is 0 Å². The molecule has 0 aromatic heterocycles. The van der Waals surface area contributed by atoms with E-state index in [4.69, 9.17) is 0 Å². The van der Waals surface area contributed by atoms with Crippen LogP contribution in [0, 0.1) is 0 Å². The second-order valence-electron chi connectivity index (χ2n) is 2.84. The van der Waals surface area contributed by atoms with E-state index in [1.165, 1.54) is 22.8 Å². The molecule has 6 heteroatoms. The van der Waals surface area contributed by atoms with Crippen molar-refractivity contribution in [2.45, 2.75) is 39.5 Å². The van der Waals surface area contributed by atoms with E-state index >= 15 is 0 Å². The molecule has 0 atom stereocenters. The first kappa shape index (κ1) is 18.2. The van der Waals surface area contributed by atoms with Gasteiger partial charge in [-0.1, -0.05) is 49.5 Å². The third-order valence-electron chi connectivity index (χ3n) is 1.50. The smallest absolute Gasteiger partial charge is 0.310 e. The Kier molecular flexibility index (Phi) is 14.7. The zero-order chi connectivity index (χ0) is 10.2. The maximum absolute atomic E-state index is 11.4. The zero-order valence-electron chi connectivity index (χ0n) is 8.94. The van der Waals surface area contributed by atoms with Crippen LogP contribution in [-0.2, 0) is 4.57 Å². The van der Waals surface area contributed by atoms with Gasteiger partial charge in [-0.25, -0.2) is 0 Å². The van der Waals surface area contributed by atoms with Gasteiger partial charge in [-0.15, -0.1) is 0 Å². The van der Waals surface area contributed by atoms with E-state index in [9.17, 15) is 9.46 Å². The number of hydrogen-bond donors (Lipinski definition) is 1. The molecule has 1 N–H and O–H groups in total. The molecule has 0 fully saturated rings. The van der Waals surface area contributed by atoms with Crippen LogP contribution in [0.4, 0.5) is 0 Å². The fraction of sp³-hybridized carbons (Fsp3) is 1.00. The van der Waals surface area contributed by atoms with E-state index in [0.29, 0.717) is 0 Å². The summed E-state index contributed by atoms with van der Waals surface area (Å²) in [6.07, 6.45) is 4.24. The Hall–Kier alpha value is 1.81. The van der Waals surface area contributed by atoms with Gasteiger partial charge in [0.25, 0.3) is 0 Å². The molecule has 14 heavy (non-hydrogen) atoms. The van der Waals surface area contributed by atoms with Crippen LogP contribution >= 0.6 is 28.5 Å². The summed E-state index contributed by atoms with van der Waals surface area (Å²) in [6, 6.07) is 0. The molecule has 2 nitrogen and oxygen atoms in total. The van der Waals surface area contributed by atoms with Gasteiger partial charge >= 0.3 is 5.77 Å². The van der Waals surface area contributed by atoms with Crippen molar-refractivity contribution in [2.75, 3.05) is 11.5 Å². The van der Waals surface area contributed by atoms with Gasteiger partial charge in [0.2, 0.25) is 0 Å². The molecule has 0 bridgehead atoms. The first-order valence-electron chi connectivity index (χ1n) is 4.74. The molecule has 0 unspecified atom stereocenters. The third kappa shape index (κ3) is 11.9. The van der Waals surface area contributed by atoms with E-state index in [-0.39, 0.29) is 27.3 Å². The maximum atomic E-state index is 11.4. The summed E-state index contributed by atoms with van der Waals surface area (Å²) in [5.41, 5.74) is 0. The average Bonchev–Trinajstić information content (AvgIpc) is 2.05. The van der Waals surface area contributed by atoms with Gasteiger partial charge in [-0.2, -0.15) is 0 Å². The normalized spacial score (nSPS) is 11.1. The summed E-state index contributed by atoms with van der Waals surface area (Å²) < 4.78 is 11.4. The van der Waals surface area contributed by atoms with Crippen molar-refractivity contribution in [3.8, 4) is 0 Å². The molecule has 0 saturated heterocycles. The zero-order valence-corrected chi connectivity index (χ0v) is 16.0. The largest absolute Gasteiger partial charge is 0.329 e. The van der Waals surface area contributed by atoms with Crippen LogP contribution in [0.3, 0.4) is 0 Å². The Labute approximate surface area is 115 Å². The van der Waals surface area contributed by atoms with Crippen LogP contribution in [-0.4, -0.2) is 43.7 Å². The van der Waals surface area contributed by atoms with Crippen molar-refractivity contribution in [1.29, 1.82) is 0 Å². The van der Waals surface area contributed by atoms with Gasteiger partial charge in [0.1, 0.15) is 0 Å². The molecule has 0 rings (SSSR count). The van der Waals surface area contributed by atoms with Crippen LogP contribution < -0.4 is 0 Å². The number of unbranched alkanes of at least 4 members (excludes halogenated alkanes) is 2. The van der Waals surface area contributed by atoms with Crippen molar-refractivity contribution >= 4 is 55.8 Å². The van der Waals surface area contributed by atoms with Crippen molar-refractivity contribution in [2.24, 2.45) is 0 Å². The first-order chi connectivity index (χ1) is 6.12. The standard InChI is InChI=1S/C8H19O2PS2.Tl/c1-3-5-7-12-11(9,10)13-8-6-4-2;/h3-8H2,1-2H3,(H,9,10);. The molecular formula is C8H19O2PS2Tl. The summed E-state index contributed by atoms with van der Waals surface area (Å²) >= 11 is 2.46. The minimum absolute atomic E-state index is 0. The predicted molar refractivity (Wildman–Crippen MR) is 70.3 cm³/mol. The summed E-state index contributed by atoms with van der Waals surface area (Å²) in [5.74, 6) is -1.30. The van der Waals surface area contributed by atoms with Gasteiger partial charge in [-0.3, -0.25) is 4.57 Å². The minimum Gasteiger partial charge on any atom is -0.329 e. The molecule has 0 amide bonds. The molecule has 83 valence electrons. The van der Waals surface area contributed by atoms with Crippen molar-refractivity contribution in [3.63, 3.8) is 0 Å². The van der Waals surface area contributed by atoms with Crippen LogP contribution in [0.5, 0.6) is 0 Å². The monoisotopic (exact) mass is 447 g/mol. The van der Waals surface area contributed by atoms with Crippen LogP contribution in [0.15, 0.2) is 0 Å². The fourth-order valence-corrected chi connectivity index (χ4v) is 6.45. The van der Waals surface area contributed by atoms with E-state index in [2.05, 4.69) is 13.8 Å². The van der Waals surface area contributed by atoms with E-state index < -0.39 is 5.77 Å². The van der Waals surface area contributed by atoms with Crippen molar-refractivity contribution < 1.29 is 9.46 Å². The molecular weight excluding hydrogens is 428 g/mol. The first-order valence-corrected chi connectivity index (χ1v) is 9.58. The van der Waals surface area contributed by atoms with E-state index in [0.717, 1.165) is 37.2 Å². The molecule has 0 spiro atoms.